The summed E-state index contributed by atoms with van der Waals surface area (Å²) in [4.78, 5) is 17.6. The predicted octanol–water partition coefficient (Wildman–Crippen LogP) is 3.24. The standard InChI is InChI=1S/C14H17N5O2S2/c1-8-4-2-3-5-18(8)10-7-12-9(6-11(10)19(20)21)16-14(23-12)17-13(15)22/h6-8H,2-5H2,1H3,(H3,15,16,17,22)/t8-/m0/s1. The van der Waals surface area contributed by atoms with Gasteiger partial charge in [-0.25, -0.2) is 4.98 Å². The van der Waals surface area contributed by atoms with Gasteiger partial charge in [-0.05, 0) is 44.5 Å². The summed E-state index contributed by atoms with van der Waals surface area (Å²) in [6.07, 6.45) is 3.26. The van der Waals surface area contributed by atoms with E-state index in [4.69, 9.17) is 18.0 Å². The van der Waals surface area contributed by atoms with Gasteiger partial charge in [-0.3, -0.25) is 10.1 Å². The smallest absolute Gasteiger partial charge is 0.294 e. The minimum atomic E-state index is -0.337. The molecule has 0 bridgehead atoms. The van der Waals surface area contributed by atoms with Crippen LogP contribution in [-0.2, 0) is 0 Å². The summed E-state index contributed by atoms with van der Waals surface area (Å²) in [6, 6.07) is 3.69. The number of nitrogens with one attached hydrogen (secondary N) is 1. The van der Waals surface area contributed by atoms with Gasteiger partial charge < -0.3 is 16.0 Å². The molecule has 1 saturated heterocycles. The van der Waals surface area contributed by atoms with Crippen LogP contribution >= 0.6 is 23.6 Å². The van der Waals surface area contributed by atoms with Gasteiger partial charge in [-0.15, -0.1) is 0 Å². The fraction of sp³-hybridized carbons (Fsp3) is 0.429. The second-order valence-corrected chi connectivity index (χ2v) is 7.08. The van der Waals surface area contributed by atoms with E-state index in [1.807, 2.05) is 6.07 Å². The van der Waals surface area contributed by atoms with Crippen molar-refractivity contribution in [3.63, 3.8) is 0 Å². The zero-order valence-corrected chi connectivity index (χ0v) is 14.2. The summed E-state index contributed by atoms with van der Waals surface area (Å²) in [5.41, 5.74) is 6.80. The van der Waals surface area contributed by atoms with Crippen LogP contribution in [-0.4, -0.2) is 27.6 Å². The van der Waals surface area contributed by atoms with Crippen LogP contribution < -0.4 is 16.0 Å². The normalized spacial score (nSPS) is 18.1. The number of nitrogens with two attached hydrogens (primary N) is 1. The molecule has 1 aromatic heterocycles. The molecule has 3 rings (SSSR count). The molecule has 1 fully saturated rings. The molecule has 3 N–H and O–H groups in total. The van der Waals surface area contributed by atoms with Crippen molar-refractivity contribution in [3.05, 3.63) is 22.2 Å². The van der Waals surface area contributed by atoms with E-state index in [0.29, 0.717) is 22.4 Å². The molecule has 0 amide bonds. The minimum absolute atomic E-state index is 0.0958. The molecule has 0 aliphatic carbocycles. The first kappa shape index (κ1) is 15.9. The van der Waals surface area contributed by atoms with Crippen LogP contribution in [0.3, 0.4) is 0 Å². The number of thiazole rings is 1. The van der Waals surface area contributed by atoms with Crippen molar-refractivity contribution >= 4 is 55.4 Å². The van der Waals surface area contributed by atoms with Crippen LogP contribution in [0.25, 0.3) is 10.2 Å². The lowest BCUT2D eigenvalue weighted by atomic mass is 10.0. The summed E-state index contributed by atoms with van der Waals surface area (Å²) in [7, 11) is 0. The molecule has 122 valence electrons. The Bertz CT molecular complexity index is 776. The van der Waals surface area contributed by atoms with E-state index in [1.165, 1.54) is 17.4 Å². The Labute approximate surface area is 142 Å². The second kappa shape index (κ2) is 6.25. The summed E-state index contributed by atoms with van der Waals surface area (Å²) in [5.74, 6) is 0. The Morgan fingerprint density at radius 2 is 2.35 bits per heavy atom. The van der Waals surface area contributed by atoms with Crippen LogP contribution in [0.2, 0.25) is 0 Å². The van der Waals surface area contributed by atoms with Gasteiger partial charge in [-0.2, -0.15) is 0 Å². The van der Waals surface area contributed by atoms with Crippen LogP contribution in [0.5, 0.6) is 0 Å². The predicted molar refractivity (Wildman–Crippen MR) is 97.3 cm³/mol. The number of fused-ring (bicyclic) bond motifs is 1. The van der Waals surface area contributed by atoms with E-state index in [2.05, 4.69) is 22.1 Å². The maximum Gasteiger partial charge on any atom is 0.294 e. The first-order valence-electron chi connectivity index (χ1n) is 7.38. The first-order valence-corrected chi connectivity index (χ1v) is 8.60. The highest BCUT2D eigenvalue weighted by Gasteiger charge is 2.27. The van der Waals surface area contributed by atoms with Crippen LogP contribution in [0.4, 0.5) is 16.5 Å². The highest BCUT2D eigenvalue weighted by atomic mass is 32.1. The van der Waals surface area contributed by atoms with E-state index >= 15 is 0 Å². The van der Waals surface area contributed by atoms with Crippen molar-refractivity contribution in [2.75, 3.05) is 16.8 Å². The monoisotopic (exact) mass is 351 g/mol. The van der Waals surface area contributed by atoms with E-state index < -0.39 is 0 Å². The number of hydrogen-bond acceptors (Lipinski definition) is 6. The van der Waals surface area contributed by atoms with Crippen LogP contribution in [0.1, 0.15) is 26.2 Å². The van der Waals surface area contributed by atoms with Gasteiger partial charge in [0.25, 0.3) is 5.69 Å². The van der Waals surface area contributed by atoms with E-state index in [-0.39, 0.29) is 15.7 Å². The SMILES string of the molecule is C[C@H]1CCCCN1c1cc2sc(NC(N)=S)nc2cc1[N+](=O)[O-]. The van der Waals surface area contributed by atoms with Crippen molar-refractivity contribution < 1.29 is 4.92 Å². The zero-order chi connectivity index (χ0) is 16.6. The Balaban J connectivity index is 2.09. The fourth-order valence-electron chi connectivity index (χ4n) is 2.94. The minimum Gasteiger partial charge on any atom is -0.376 e. The number of thiocarbonyl (C=S) groups is 1. The third-order valence-electron chi connectivity index (χ3n) is 4.02. The van der Waals surface area contributed by atoms with Crippen molar-refractivity contribution in [2.45, 2.75) is 32.2 Å². The molecule has 1 aromatic carbocycles. The molecule has 0 saturated carbocycles. The van der Waals surface area contributed by atoms with Gasteiger partial charge in [0.05, 0.1) is 15.1 Å². The molecule has 0 spiro atoms. The van der Waals surface area contributed by atoms with Gasteiger partial charge in [0.15, 0.2) is 10.2 Å². The number of aromatic nitrogens is 1. The molecule has 1 atom stereocenters. The summed E-state index contributed by atoms with van der Waals surface area (Å²) in [5, 5.41) is 15.0. The average molecular weight is 351 g/mol. The van der Waals surface area contributed by atoms with Crippen molar-refractivity contribution in [2.24, 2.45) is 5.73 Å². The summed E-state index contributed by atoms with van der Waals surface area (Å²) < 4.78 is 0.877. The number of anilines is 2. The molecular formula is C14H17N5O2S2. The molecule has 0 unspecified atom stereocenters. The third-order valence-corrected chi connectivity index (χ3v) is 5.06. The highest BCUT2D eigenvalue weighted by Crippen LogP contribution is 2.38. The maximum absolute atomic E-state index is 11.5. The maximum atomic E-state index is 11.5. The Morgan fingerprint density at radius 3 is 3.00 bits per heavy atom. The van der Waals surface area contributed by atoms with Crippen molar-refractivity contribution in [1.82, 2.24) is 4.98 Å². The molecule has 7 nitrogen and oxygen atoms in total. The Kier molecular flexibility index (Phi) is 4.31. The van der Waals surface area contributed by atoms with Crippen LogP contribution in [0, 0.1) is 10.1 Å². The quantitative estimate of drug-likeness (QED) is 0.498. The van der Waals surface area contributed by atoms with Crippen molar-refractivity contribution in [1.29, 1.82) is 0 Å². The van der Waals surface area contributed by atoms with E-state index in [1.54, 1.807) is 0 Å². The van der Waals surface area contributed by atoms with E-state index in [0.717, 1.165) is 30.5 Å². The van der Waals surface area contributed by atoms with Gasteiger partial charge >= 0.3 is 0 Å². The largest absolute Gasteiger partial charge is 0.376 e. The summed E-state index contributed by atoms with van der Waals surface area (Å²) in [6.45, 7) is 2.95. The van der Waals surface area contributed by atoms with Crippen LogP contribution in [0.15, 0.2) is 12.1 Å². The van der Waals surface area contributed by atoms with Gasteiger partial charge in [0.2, 0.25) is 0 Å². The number of nitro groups is 1. The Morgan fingerprint density at radius 1 is 1.57 bits per heavy atom. The number of hydrogen-bond donors (Lipinski definition) is 2. The molecule has 2 heterocycles. The second-order valence-electron chi connectivity index (χ2n) is 5.61. The Hall–Kier alpha value is -2.00. The molecule has 0 radical (unpaired) electrons. The number of nitro benzene ring substituents is 1. The van der Waals surface area contributed by atoms with Gasteiger partial charge in [-0.1, -0.05) is 11.3 Å². The third kappa shape index (κ3) is 3.20. The topological polar surface area (TPSA) is 97.3 Å². The number of benzene rings is 1. The first-order chi connectivity index (χ1) is 11.0. The highest BCUT2D eigenvalue weighted by molar-refractivity contribution is 7.80. The molecule has 1 aliphatic heterocycles. The molecule has 9 heteroatoms. The molecular weight excluding hydrogens is 334 g/mol. The molecule has 2 aromatic rings. The van der Waals surface area contributed by atoms with Crippen molar-refractivity contribution in [3.8, 4) is 0 Å². The number of rotatable bonds is 3. The molecule has 1 aliphatic rings. The van der Waals surface area contributed by atoms with Gasteiger partial charge in [0.1, 0.15) is 5.69 Å². The zero-order valence-electron chi connectivity index (χ0n) is 12.6. The summed E-state index contributed by atoms with van der Waals surface area (Å²) >= 11 is 6.20. The lowest BCUT2D eigenvalue weighted by Crippen LogP contribution is -2.37. The lowest BCUT2D eigenvalue weighted by Gasteiger charge is -2.34. The van der Waals surface area contributed by atoms with E-state index in [9.17, 15) is 10.1 Å². The number of piperidine rings is 1. The number of nitrogens with zero attached hydrogens (tertiary/aromatic N) is 3. The average Bonchev–Trinajstić information content (AvgIpc) is 2.86. The molecule has 23 heavy (non-hydrogen) atoms. The lowest BCUT2D eigenvalue weighted by molar-refractivity contribution is -0.384. The fourth-order valence-corrected chi connectivity index (χ4v) is 4.00. The van der Waals surface area contributed by atoms with Gasteiger partial charge in [0, 0.05) is 18.7 Å².